The summed E-state index contributed by atoms with van der Waals surface area (Å²) < 4.78 is 5.30. The molecule has 6 nitrogen and oxygen atoms in total. The van der Waals surface area contributed by atoms with E-state index in [2.05, 4.69) is 18.7 Å². The first-order valence-corrected chi connectivity index (χ1v) is 10.2. The highest BCUT2D eigenvalue weighted by Gasteiger charge is 2.43. The molecule has 2 aliphatic rings. The number of furan rings is 1. The number of carbonyl (C=O) groups is 2. The van der Waals surface area contributed by atoms with Crippen molar-refractivity contribution in [1.82, 2.24) is 14.7 Å². The van der Waals surface area contributed by atoms with Crippen molar-refractivity contribution >= 4 is 23.6 Å². The van der Waals surface area contributed by atoms with E-state index < -0.39 is 0 Å². The number of rotatable bonds is 5. The van der Waals surface area contributed by atoms with Gasteiger partial charge in [-0.05, 0) is 25.1 Å². The van der Waals surface area contributed by atoms with Gasteiger partial charge in [-0.25, -0.2) is 0 Å². The predicted molar refractivity (Wildman–Crippen MR) is 98.5 cm³/mol. The van der Waals surface area contributed by atoms with E-state index in [1.807, 2.05) is 4.90 Å². The standard InChI is InChI=1S/C18H27N3O3S/c1-3-6-16-21(18(23)15-7-5-12-24-15)14(13-25-16)17(22)20-10-8-19(4-2)9-11-20/h5,7,12,14,16H,3-4,6,8-11,13H2,1-2H3. The highest BCUT2D eigenvalue weighted by molar-refractivity contribution is 8.00. The van der Waals surface area contributed by atoms with Crippen molar-refractivity contribution in [2.45, 2.75) is 38.1 Å². The summed E-state index contributed by atoms with van der Waals surface area (Å²) in [7, 11) is 0. The Morgan fingerprint density at radius 3 is 2.60 bits per heavy atom. The molecule has 1 aromatic heterocycles. The second kappa shape index (κ2) is 8.27. The molecular weight excluding hydrogens is 338 g/mol. The molecule has 0 bridgehead atoms. The van der Waals surface area contributed by atoms with Crippen LogP contribution in [0, 0.1) is 0 Å². The van der Waals surface area contributed by atoms with Crippen LogP contribution in [0.4, 0.5) is 0 Å². The zero-order valence-electron chi connectivity index (χ0n) is 15.0. The molecule has 3 heterocycles. The molecule has 0 spiro atoms. The Bertz CT molecular complexity index is 584. The fraction of sp³-hybridized carbons (Fsp3) is 0.667. The molecule has 2 amide bonds. The fourth-order valence-electron chi connectivity index (χ4n) is 3.52. The Balaban J connectivity index is 1.74. The van der Waals surface area contributed by atoms with E-state index >= 15 is 0 Å². The molecule has 2 aliphatic heterocycles. The van der Waals surface area contributed by atoms with Gasteiger partial charge in [-0.15, -0.1) is 11.8 Å². The van der Waals surface area contributed by atoms with Gasteiger partial charge in [-0.3, -0.25) is 9.59 Å². The second-order valence-electron chi connectivity index (χ2n) is 6.54. The van der Waals surface area contributed by atoms with Crippen LogP contribution in [0.25, 0.3) is 0 Å². The van der Waals surface area contributed by atoms with Gasteiger partial charge in [0.2, 0.25) is 5.91 Å². The number of carbonyl (C=O) groups excluding carboxylic acids is 2. The zero-order valence-corrected chi connectivity index (χ0v) is 15.8. The average molecular weight is 365 g/mol. The lowest BCUT2D eigenvalue weighted by atomic mass is 10.1. The Morgan fingerprint density at radius 2 is 2.00 bits per heavy atom. The van der Waals surface area contributed by atoms with Gasteiger partial charge in [0, 0.05) is 31.9 Å². The van der Waals surface area contributed by atoms with E-state index in [4.69, 9.17) is 4.42 Å². The summed E-state index contributed by atoms with van der Waals surface area (Å²) in [4.78, 5) is 32.1. The number of piperazine rings is 1. The topological polar surface area (TPSA) is 57.0 Å². The van der Waals surface area contributed by atoms with Gasteiger partial charge >= 0.3 is 0 Å². The molecule has 0 radical (unpaired) electrons. The van der Waals surface area contributed by atoms with Crippen molar-refractivity contribution in [3.8, 4) is 0 Å². The van der Waals surface area contributed by atoms with E-state index in [-0.39, 0.29) is 23.2 Å². The number of amides is 2. The highest BCUT2D eigenvalue weighted by Crippen LogP contribution is 2.34. The lowest BCUT2D eigenvalue weighted by molar-refractivity contribution is -0.137. The molecule has 2 saturated heterocycles. The van der Waals surface area contributed by atoms with Crippen LogP contribution in [-0.4, -0.2) is 76.4 Å². The molecule has 138 valence electrons. The quantitative estimate of drug-likeness (QED) is 0.800. The van der Waals surface area contributed by atoms with Crippen LogP contribution in [0.5, 0.6) is 0 Å². The molecule has 3 rings (SSSR count). The van der Waals surface area contributed by atoms with Crippen molar-refractivity contribution < 1.29 is 14.0 Å². The van der Waals surface area contributed by atoms with E-state index in [9.17, 15) is 9.59 Å². The third-order valence-electron chi connectivity index (χ3n) is 5.01. The minimum atomic E-state index is -0.382. The average Bonchev–Trinajstić information content (AvgIpc) is 3.31. The summed E-state index contributed by atoms with van der Waals surface area (Å²) in [5.74, 6) is 0.905. The van der Waals surface area contributed by atoms with Gasteiger partial charge in [0.25, 0.3) is 5.91 Å². The third-order valence-corrected chi connectivity index (χ3v) is 6.37. The summed E-state index contributed by atoms with van der Waals surface area (Å²) >= 11 is 1.71. The first-order valence-electron chi connectivity index (χ1n) is 9.14. The van der Waals surface area contributed by atoms with Crippen LogP contribution in [0.2, 0.25) is 0 Å². The van der Waals surface area contributed by atoms with E-state index in [1.54, 1.807) is 28.8 Å². The lowest BCUT2D eigenvalue weighted by Gasteiger charge is -2.37. The highest BCUT2D eigenvalue weighted by atomic mass is 32.2. The minimum absolute atomic E-state index is 0.0495. The van der Waals surface area contributed by atoms with E-state index in [1.165, 1.54) is 6.26 Å². The van der Waals surface area contributed by atoms with Gasteiger partial charge in [0.15, 0.2) is 5.76 Å². The Kier molecular flexibility index (Phi) is 6.06. The summed E-state index contributed by atoms with van der Waals surface area (Å²) in [6.45, 7) is 8.58. The molecule has 0 aromatic carbocycles. The maximum atomic E-state index is 13.1. The van der Waals surface area contributed by atoms with E-state index in [0.717, 1.165) is 45.6 Å². The van der Waals surface area contributed by atoms with Crippen molar-refractivity contribution in [1.29, 1.82) is 0 Å². The normalized spacial score (nSPS) is 24.7. The van der Waals surface area contributed by atoms with Crippen LogP contribution in [-0.2, 0) is 4.79 Å². The maximum absolute atomic E-state index is 13.1. The van der Waals surface area contributed by atoms with Crippen molar-refractivity contribution in [3.63, 3.8) is 0 Å². The summed E-state index contributed by atoms with van der Waals surface area (Å²) in [5, 5.41) is 0.0495. The lowest BCUT2D eigenvalue weighted by Crippen LogP contribution is -2.56. The first kappa shape index (κ1) is 18.3. The summed E-state index contributed by atoms with van der Waals surface area (Å²) in [6, 6.07) is 3.01. The Labute approximate surface area is 153 Å². The number of likely N-dealkylation sites (N-methyl/N-ethyl adjacent to an activating group) is 1. The van der Waals surface area contributed by atoms with Gasteiger partial charge in [-0.1, -0.05) is 20.3 Å². The molecule has 2 unspecified atom stereocenters. The summed E-state index contributed by atoms with van der Waals surface area (Å²) in [6.07, 6.45) is 3.38. The van der Waals surface area contributed by atoms with E-state index in [0.29, 0.717) is 11.5 Å². The van der Waals surface area contributed by atoms with Crippen molar-refractivity contribution in [3.05, 3.63) is 24.2 Å². The van der Waals surface area contributed by atoms with Crippen LogP contribution in [0.15, 0.2) is 22.8 Å². The number of thioether (sulfide) groups is 1. The van der Waals surface area contributed by atoms with Crippen LogP contribution in [0.1, 0.15) is 37.2 Å². The molecule has 0 N–H and O–H groups in total. The predicted octanol–water partition coefficient (Wildman–Crippen LogP) is 2.13. The zero-order chi connectivity index (χ0) is 17.8. The maximum Gasteiger partial charge on any atom is 0.291 e. The van der Waals surface area contributed by atoms with Crippen molar-refractivity contribution in [2.75, 3.05) is 38.5 Å². The second-order valence-corrected chi connectivity index (χ2v) is 7.75. The van der Waals surface area contributed by atoms with Crippen LogP contribution in [0.3, 0.4) is 0 Å². The first-order chi connectivity index (χ1) is 12.2. The molecular formula is C18H27N3O3S. The molecule has 2 fully saturated rings. The van der Waals surface area contributed by atoms with Crippen LogP contribution < -0.4 is 0 Å². The minimum Gasteiger partial charge on any atom is -0.459 e. The Morgan fingerprint density at radius 1 is 1.24 bits per heavy atom. The molecule has 2 atom stereocenters. The largest absolute Gasteiger partial charge is 0.459 e. The van der Waals surface area contributed by atoms with Gasteiger partial charge in [-0.2, -0.15) is 0 Å². The van der Waals surface area contributed by atoms with Crippen molar-refractivity contribution in [2.24, 2.45) is 0 Å². The van der Waals surface area contributed by atoms with Gasteiger partial charge in [0.1, 0.15) is 6.04 Å². The molecule has 25 heavy (non-hydrogen) atoms. The Hall–Kier alpha value is -1.47. The molecule has 0 aliphatic carbocycles. The number of nitrogens with zero attached hydrogens (tertiary/aromatic N) is 3. The van der Waals surface area contributed by atoms with Gasteiger partial charge in [0.05, 0.1) is 11.6 Å². The SMILES string of the molecule is CCCC1SCC(C(=O)N2CCN(CC)CC2)N1C(=O)c1ccco1. The smallest absolute Gasteiger partial charge is 0.291 e. The number of hydrogen-bond acceptors (Lipinski definition) is 5. The third kappa shape index (κ3) is 3.87. The summed E-state index contributed by atoms with van der Waals surface area (Å²) in [5.41, 5.74) is 0. The number of hydrogen-bond donors (Lipinski definition) is 0. The molecule has 1 aromatic rings. The van der Waals surface area contributed by atoms with Gasteiger partial charge < -0.3 is 19.1 Å². The fourth-order valence-corrected chi connectivity index (χ4v) is 5.03. The van der Waals surface area contributed by atoms with Crippen LogP contribution >= 0.6 is 11.8 Å². The molecule has 7 heteroatoms. The monoisotopic (exact) mass is 365 g/mol. The molecule has 0 saturated carbocycles.